The molecular weight excluding hydrogens is 488 g/mol. The Hall–Kier alpha value is -3.44. The number of benzene rings is 1. The molecule has 0 bridgehead atoms. The first-order valence-corrected chi connectivity index (χ1v) is 11.4. The molecule has 1 aromatic carbocycles. The van der Waals surface area contributed by atoms with Crippen LogP contribution in [0.3, 0.4) is 0 Å². The van der Waals surface area contributed by atoms with E-state index in [4.69, 9.17) is 20.0 Å². The van der Waals surface area contributed by atoms with Gasteiger partial charge >= 0.3 is 6.09 Å². The van der Waals surface area contributed by atoms with Crippen LogP contribution in [0.15, 0.2) is 18.2 Å². The minimum atomic E-state index is -0.644. The summed E-state index contributed by atoms with van der Waals surface area (Å²) in [6, 6.07) is 5.28. The number of carbonyl (C=O) groups excluding carboxylic acids is 2. The summed E-state index contributed by atoms with van der Waals surface area (Å²) in [6.07, 6.45) is -0.644. The summed E-state index contributed by atoms with van der Waals surface area (Å²) in [5.41, 5.74) is 2.62. The van der Waals surface area contributed by atoms with Gasteiger partial charge in [-0.15, -0.1) is 22.6 Å². The Bertz CT molecular complexity index is 1330. The second-order valence-corrected chi connectivity index (χ2v) is 9.18. The Morgan fingerprint density at radius 1 is 1.14 bits per heavy atom. The summed E-state index contributed by atoms with van der Waals surface area (Å²) in [5.74, 6) is 0.287. The Morgan fingerprint density at radius 2 is 1.83 bits per heavy atom. The highest BCUT2D eigenvalue weighted by Crippen LogP contribution is 2.28. The van der Waals surface area contributed by atoms with E-state index >= 15 is 0 Å². The van der Waals surface area contributed by atoms with Gasteiger partial charge in [-0.05, 0) is 49.9 Å². The lowest BCUT2D eigenvalue weighted by Crippen LogP contribution is -2.29. The number of aryl methyl sites for hydroxylation is 1. The van der Waals surface area contributed by atoms with Crippen LogP contribution in [0.4, 0.5) is 4.79 Å². The molecular formula is C24H33ClN6O5. The quantitative estimate of drug-likeness (QED) is 0.387. The van der Waals surface area contributed by atoms with E-state index in [9.17, 15) is 9.59 Å². The molecule has 0 saturated carbocycles. The number of halogens is 1. The maximum Gasteiger partial charge on any atom is 0.413 e. The number of fused-ring (bicyclic) bond motifs is 1. The third-order valence-electron chi connectivity index (χ3n) is 5.53. The van der Waals surface area contributed by atoms with Crippen LogP contribution in [0.1, 0.15) is 54.7 Å². The molecule has 3 N–H and O–H groups in total. The Kier molecular flexibility index (Phi) is 9.22. The highest BCUT2D eigenvalue weighted by molar-refractivity contribution is 5.96. The highest BCUT2D eigenvalue weighted by atomic mass is 35.5. The minimum Gasteiger partial charge on any atom is -0.491 e. The van der Waals surface area contributed by atoms with E-state index in [1.165, 1.54) is 9.20 Å². The first kappa shape index (κ1) is 28.8. The average molecular weight is 521 g/mol. The number of hydrogen-bond acceptors (Lipinski definition) is 8. The van der Waals surface area contributed by atoms with Crippen molar-refractivity contribution in [2.24, 2.45) is 0 Å². The van der Waals surface area contributed by atoms with Crippen molar-refractivity contribution in [3.8, 4) is 11.6 Å². The van der Waals surface area contributed by atoms with E-state index in [0.717, 1.165) is 5.56 Å². The molecule has 0 aliphatic rings. The summed E-state index contributed by atoms with van der Waals surface area (Å²) >= 11 is 0. The van der Waals surface area contributed by atoms with E-state index in [2.05, 4.69) is 15.5 Å². The van der Waals surface area contributed by atoms with Gasteiger partial charge in [0.2, 0.25) is 11.5 Å². The van der Waals surface area contributed by atoms with Gasteiger partial charge in [-0.3, -0.25) is 10.2 Å². The molecule has 11 nitrogen and oxygen atoms in total. The van der Waals surface area contributed by atoms with Gasteiger partial charge in [0.15, 0.2) is 11.4 Å². The lowest BCUT2D eigenvalue weighted by atomic mass is 9.85. The number of rotatable bonds is 8. The summed E-state index contributed by atoms with van der Waals surface area (Å²) in [4.78, 5) is 25.1. The molecule has 2 heterocycles. The third kappa shape index (κ3) is 6.21. The summed E-state index contributed by atoms with van der Waals surface area (Å²) < 4.78 is 13.3. The monoisotopic (exact) mass is 520 g/mol. The molecule has 3 rings (SSSR count). The molecule has 3 aromatic rings. The van der Waals surface area contributed by atoms with Crippen LogP contribution in [0.25, 0.3) is 5.65 Å². The summed E-state index contributed by atoms with van der Waals surface area (Å²) in [5, 5.41) is 28.8. The molecule has 196 valence electrons. The third-order valence-corrected chi connectivity index (χ3v) is 5.53. The van der Waals surface area contributed by atoms with Gasteiger partial charge in [-0.1, -0.05) is 20.8 Å². The Labute approximate surface area is 215 Å². The highest BCUT2D eigenvalue weighted by Gasteiger charge is 2.21. The molecule has 0 fully saturated rings. The lowest BCUT2D eigenvalue weighted by Gasteiger charge is -2.21. The molecule has 0 atom stereocenters. The molecule has 1 amide bonds. The SMILES string of the molecule is CCNC(=O)Oc1nn2c(=N)n(CC(=O)c3cc(OCCO)cc(C(C)(C)C)c3)nc2c(C)c1C.Cl. The number of Topliss-reactive ketones (excluding diaryl/α,β-unsaturated/α-hetero) is 1. The first-order chi connectivity index (χ1) is 16.5. The smallest absolute Gasteiger partial charge is 0.413 e. The fourth-order valence-corrected chi connectivity index (χ4v) is 3.38. The van der Waals surface area contributed by atoms with Crippen LogP contribution in [0.5, 0.6) is 11.6 Å². The molecule has 0 saturated heterocycles. The number of hydrogen-bond donors (Lipinski definition) is 3. The zero-order chi connectivity index (χ0) is 25.9. The van der Waals surface area contributed by atoms with Gasteiger partial charge in [-0.25, -0.2) is 9.48 Å². The van der Waals surface area contributed by atoms with Crippen molar-refractivity contribution in [1.29, 1.82) is 5.41 Å². The van der Waals surface area contributed by atoms with Crippen molar-refractivity contribution in [1.82, 2.24) is 24.7 Å². The number of aromatic nitrogens is 4. The fraction of sp³-hybridized carbons (Fsp3) is 0.458. The fourth-order valence-electron chi connectivity index (χ4n) is 3.38. The van der Waals surface area contributed by atoms with Crippen LogP contribution < -0.4 is 20.4 Å². The van der Waals surface area contributed by atoms with E-state index in [1.54, 1.807) is 32.9 Å². The standard InChI is InChI=1S/C24H32N6O5.ClH/c1-7-26-23(33)35-21-15(3)14(2)20-27-29(22(25)30(20)28-21)13-19(32)16-10-17(24(4,5)6)12-18(11-16)34-9-8-31;/h10-12,25,31H,7-9,13H2,1-6H3,(H,26,33);1H. The predicted molar refractivity (Wildman–Crippen MR) is 135 cm³/mol. The topological polar surface area (TPSA) is 144 Å². The number of nitrogens with zero attached hydrogens (tertiary/aromatic N) is 4. The largest absolute Gasteiger partial charge is 0.491 e. The van der Waals surface area contributed by atoms with Crippen molar-refractivity contribution < 1.29 is 24.2 Å². The number of aliphatic hydroxyl groups is 1. The molecule has 0 radical (unpaired) electrons. The number of ether oxygens (including phenoxy) is 2. The van der Waals surface area contributed by atoms with Crippen molar-refractivity contribution >= 4 is 29.9 Å². The average Bonchev–Trinajstić information content (AvgIpc) is 3.10. The molecule has 12 heteroatoms. The second kappa shape index (κ2) is 11.5. The van der Waals surface area contributed by atoms with Crippen LogP contribution in [0.2, 0.25) is 0 Å². The van der Waals surface area contributed by atoms with Gasteiger partial charge < -0.3 is 19.9 Å². The van der Waals surface area contributed by atoms with Crippen LogP contribution in [-0.4, -0.2) is 56.1 Å². The van der Waals surface area contributed by atoms with Gasteiger partial charge in [-0.2, -0.15) is 4.52 Å². The maximum atomic E-state index is 13.2. The first-order valence-electron chi connectivity index (χ1n) is 11.4. The van der Waals surface area contributed by atoms with Gasteiger partial charge in [0.05, 0.1) is 6.61 Å². The van der Waals surface area contributed by atoms with Gasteiger partial charge in [0.25, 0.3) is 0 Å². The zero-order valence-corrected chi connectivity index (χ0v) is 22.2. The number of nitrogens with one attached hydrogen (secondary N) is 2. The second-order valence-electron chi connectivity index (χ2n) is 9.18. The lowest BCUT2D eigenvalue weighted by molar-refractivity contribution is 0.0965. The van der Waals surface area contributed by atoms with Crippen LogP contribution >= 0.6 is 12.4 Å². The van der Waals surface area contributed by atoms with Crippen LogP contribution in [-0.2, 0) is 12.0 Å². The number of aliphatic hydroxyl groups excluding tert-OH is 1. The Morgan fingerprint density at radius 3 is 2.44 bits per heavy atom. The van der Waals surface area contributed by atoms with Crippen LogP contribution in [0, 0.1) is 19.3 Å². The van der Waals surface area contributed by atoms with E-state index in [0.29, 0.717) is 34.6 Å². The molecule has 0 unspecified atom stereocenters. The van der Waals surface area contributed by atoms with E-state index in [-0.39, 0.29) is 54.9 Å². The van der Waals surface area contributed by atoms with Gasteiger partial charge in [0, 0.05) is 23.2 Å². The van der Waals surface area contributed by atoms with Gasteiger partial charge in [0.1, 0.15) is 18.9 Å². The molecule has 0 spiro atoms. The maximum absolute atomic E-state index is 13.2. The number of amides is 1. The van der Waals surface area contributed by atoms with Crippen molar-refractivity contribution in [2.45, 2.75) is 53.5 Å². The number of carbonyl (C=O) groups is 2. The van der Waals surface area contributed by atoms with Crippen molar-refractivity contribution in [3.63, 3.8) is 0 Å². The molecule has 0 aliphatic heterocycles. The normalized spacial score (nSPS) is 11.2. The van der Waals surface area contributed by atoms with E-state index in [1.807, 2.05) is 26.8 Å². The predicted octanol–water partition coefficient (Wildman–Crippen LogP) is 2.71. The number of ketones is 1. The Balaban J connectivity index is 0.00000456. The van der Waals surface area contributed by atoms with E-state index < -0.39 is 6.09 Å². The molecule has 36 heavy (non-hydrogen) atoms. The molecule has 2 aromatic heterocycles. The zero-order valence-electron chi connectivity index (χ0n) is 21.3. The van der Waals surface area contributed by atoms with Crippen molar-refractivity contribution in [2.75, 3.05) is 19.8 Å². The summed E-state index contributed by atoms with van der Waals surface area (Å²) in [6.45, 7) is 11.6. The van der Waals surface area contributed by atoms with Crippen molar-refractivity contribution in [3.05, 3.63) is 46.1 Å². The summed E-state index contributed by atoms with van der Waals surface area (Å²) in [7, 11) is 0. The molecule has 0 aliphatic carbocycles. The minimum absolute atomic E-state index is 0.